The molecule has 2 amide bonds. The number of thioether (sulfide) groups is 1. The molecule has 1 aliphatic carbocycles. The van der Waals surface area contributed by atoms with Crippen molar-refractivity contribution in [2.24, 2.45) is 11.7 Å². The fraction of sp³-hybridized carbons (Fsp3) is 0.588. The first-order valence-corrected chi connectivity index (χ1v) is 9.85. The number of aromatic nitrogens is 1. The van der Waals surface area contributed by atoms with Crippen LogP contribution in [0.5, 0.6) is 0 Å². The summed E-state index contributed by atoms with van der Waals surface area (Å²) in [7, 11) is 0. The smallest absolute Gasteiger partial charge is 0.255 e. The molecule has 0 radical (unpaired) electrons. The van der Waals surface area contributed by atoms with E-state index in [1.165, 1.54) is 0 Å². The summed E-state index contributed by atoms with van der Waals surface area (Å²) in [4.78, 5) is 30.5. The SMILES string of the molecule is Nc1ncccc1C(=O)NC1CCC([C@H](N)C(=O)N2CCSC2)CC1. The molecule has 5 N–H and O–H groups in total. The maximum atomic E-state index is 12.4. The van der Waals surface area contributed by atoms with Gasteiger partial charge in [0.05, 0.1) is 17.5 Å². The molecule has 1 saturated heterocycles. The summed E-state index contributed by atoms with van der Waals surface area (Å²) in [6, 6.07) is 3.03. The van der Waals surface area contributed by atoms with Crippen LogP contribution in [-0.4, -0.2) is 52.0 Å². The molecule has 3 rings (SSSR count). The van der Waals surface area contributed by atoms with E-state index in [0.717, 1.165) is 43.9 Å². The largest absolute Gasteiger partial charge is 0.383 e. The van der Waals surface area contributed by atoms with Crippen molar-refractivity contribution < 1.29 is 9.59 Å². The topological polar surface area (TPSA) is 114 Å². The van der Waals surface area contributed by atoms with Gasteiger partial charge in [0.15, 0.2) is 0 Å². The highest BCUT2D eigenvalue weighted by molar-refractivity contribution is 7.99. The van der Waals surface area contributed by atoms with Crippen LogP contribution >= 0.6 is 11.8 Å². The minimum Gasteiger partial charge on any atom is -0.383 e. The van der Waals surface area contributed by atoms with Gasteiger partial charge in [-0.3, -0.25) is 9.59 Å². The molecule has 7 nitrogen and oxygen atoms in total. The van der Waals surface area contributed by atoms with Gasteiger partial charge in [0.2, 0.25) is 5.91 Å². The van der Waals surface area contributed by atoms with Crippen LogP contribution in [0.2, 0.25) is 0 Å². The van der Waals surface area contributed by atoms with Gasteiger partial charge in [-0.15, -0.1) is 11.8 Å². The van der Waals surface area contributed by atoms with E-state index in [9.17, 15) is 9.59 Å². The van der Waals surface area contributed by atoms with Gasteiger partial charge in [0.25, 0.3) is 5.91 Å². The maximum Gasteiger partial charge on any atom is 0.255 e. The highest BCUT2D eigenvalue weighted by Gasteiger charge is 2.33. The zero-order valence-corrected chi connectivity index (χ0v) is 15.0. The van der Waals surface area contributed by atoms with Crippen LogP contribution in [0.3, 0.4) is 0 Å². The van der Waals surface area contributed by atoms with Crippen LogP contribution in [0.1, 0.15) is 36.0 Å². The molecule has 0 unspecified atom stereocenters. The number of nitrogens with zero attached hydrogens (tertiary/aromatic N) is 2. The van der Waals surface area contributed by atoms with Crippen LogP contribution in [0.15, 0.2) is 18.3 Å². The van der Waals surface area contributed by atoms with E-state index in [0.29, 0.717) is 5.56 Å². The number of carbonyl (C=O) groups excluding carboxylic acids is 2. The van der Waals surface area contributed by atoms with E-state index >= 15 is 0 Å². The quantitative estimate of drug-likeness (QED) is 0.729. The summed E-state index contributed by atoms with van der Waals surface area (Å²) in [5, 5.41) is 3.02. The molecule has 2 aliphatic rings. The van der Waals surface area contributed by atoms with E-state index in [2.05, 4.69) is 10.3 Å². The number of rotatable bonds is 4. The number of nitrogen functional groups attached to an aromatic ring is 1. The average Bonchev–Trinajstić information content (AvgIpc) is 3.16. The first-order valence-electron chi connectivity index (χ1n) is 8.69. The lowest BCUT2D eigenvalue weighted by Gasteiger charge is -2.33. The number of nitrogens with one attached hydrogen (secondary N) is 1. The second-order valence-corrected chi connectivity index (χ2v) is 7.76. The Bertz CT molecular complexity index is 627. The number of amides is 2. The lowest BCUT2D eigenvalue weighted by molar-refractivity contribution is -0.132. The van der Waals surface area contributed by atoms with Crippen molar-refractivity contribution in [2.75, 3.05) is 23.9 Å². The monoisotopic (exact) mass is 363 g/mol. The molecular weight excluding hydrogens is 338 g/mol. The predicted octanol–water partition coefficient (Wildman–Crippen LogP) is 0.813. The molecular formula is C17H25N5O2S. The lowest BCUT2D eigenvalue weighted by Crippen LogP contribution is -2.49. The minimum atomic E-state index is -0.427. The molecule has 8 heteroatoms. The summed E-state index contributed by atoms with van der Waals surface area (Å²) in [5.74, 6) is 2.06. The Labute approximate surface area is 151 Å². The van der Waals surface area contributed by atoms with E-state index in [1.54, 1.807) is 30.1 Å². The first-order chi connectivity index (χ1) is 12.1. The van der Waals surface area contributed by atoms with Crippen molar-refractivity contribution in [3.8, 4) is 0 Å². The molecule has 25 heavy (non-hydrogen) atoms. The minimum absolute atomic E-state index is 0.0700. The number of hydrogen-bond acceptors (Lipinski definition) is 6. The van der Waals surface area contributed by atoms with Crippen LogP contribution in [0.25, 0.3) is 0 Å². The third-order valence-electron chi connectivity index (χ3n) is 5.05. The number of pyridine rings is 1. The number of hydrogen-bond donors (Lipinski definition) is 3. The summed E-state index contributed by atoms with van der Waals surface area (Å²) in [6.07, 6.45) is 4.91. The van der Waals surface area contributed by atoms with Gasteiger partial charge in [-0.25, -0.2) is 4.98 Å². The van der Waals surface area contributed by atoms with Gasteiger partial charge in [0, 0.05) is 24.5 Å². The molecule has 2 heterocycles. The zero-order valence-electron chi connectivity index (χ0n) is 14.2. The van der Waals surface area contributed by atoms with Gasteiger partial charge in [-0.1, -0.05) is 0 Å². The van der Waals surface area contributed by atoms with Gasteiger partial charge in [0.1, 0.15) is 5.82 Å². The molecule has 2 fully saturated rings. The summed E-state index contributed by atoms with van der Waals surface area (Å²) in [5.41, 5.74) is 12.4. The van der Waals surface area contributed by atoms with E-state index < -0.39 is 6.04 Å². The molecule has 1 saturated carbocycles. The Kier molecular flexibility index (Phi) is 5.80. The Hall–Kier alpha value is -1.80. The third-order valence-corrected chi connectivity index (χ3v) is 6.01. The van der Waals surface area contributed by atoms with Crippen LogP contribution in [-0.2, 0) is 4.79 Å². The first kappa shape index (κ1) is 18.0. The van der Waals surface area contributed by atoms with Crippen molar-refractivity contribution in [3.63, 3.8) is 0 Å². The van der Waals surface area contributed by atoms with E-state index in [-0.39, 0.29) is 29.6 Å². The van der Waals surface area contributed by atoms with Gasteiger partial charge in [-0.2, -0.15) is 0 Å². The maximum absolute atomic E-state index is 12.4. The van der Waals surface area contributed by atoms with E-state index in [4.69, 9.17) is 11.5 Å². The average molecular weight is 363 g/mol. The van der Waals surface area contributed by atoms with Gasteiger partial charge >= 0.3 is 0 Å². The van der Waals surface area contributed by atoms with Crippen molar-refractivity contribution in [1.29, 1.82) is 0 Å². The van der Waals surface area contributed by atoms with Crippen molar-refractivity contribution in [1.82, 2.24) is 15.2 Å². The Morgan fingerprint density at radius 2 is 2.08 bits per heavy atom. The number of carbonyl (C=O) groups is 2. The Morgan fingerprint density at radius 1 is 1.32 bits per heavy atom. The fourth-order valence-corrected chi connectivity index (χ4v) is 4.45. The molecule has 0 spiro atoms. The number of nitrogens with two attached hydrogens (primary N) is 2. The predicted molar refractivity (Wildman–Crippen MR) is 98.9 cm³/mol. The second-order valence-electron chi connectivity index (χ2n) is 6.69. The second kappa shape index (κ2) is 8.05. The Morgan fingerprint density at radius 3 is 2.72 bits per heavy atom. The van der Waals surface area contributed by atoms with Crippen molar-refractivity contribution in [2.45, 2.75) is 37.8 Å². The van der Waals surface area contributed by atoms with Crippen LogP contribution in [0, 0.1) is 5.92 Å². The summed E-state index contributed by atoms with van der Waals surface area (Å²) in [6.45, 7) is 0.801. The van der Waals surface area contributed by atoms with E-state index in [1.807, 2.05) is 4.90 Å². The molecule has 0 aromatic carbocycles. The van der Waals surface area contributed by atoms with Gasteiger partial charge in [-0.05, 0) is 43.7 Å². The normalized spacial score (nSPS) is 24.8. The standard InChI is InChI=1S/C17H25N5O2S/c18-14(17(24)22-8-9-25-10-22)11-3-5-12(6-4-11)21-16(23)13-2-1-7-20-15(13)19/h1-2,7,11-12,14H,3-6,8-10,18H2,(H2,19,20)(H,21,23)/t11?,12?,14-/m0/s1. The molecule has 1 aromatic rings. The highest BCUT2D eigenvalue weighted by atomic mass is 32.2. The zero-order chi connectivity index (χ0) is 17.8. The van der Waals surface area contributed by atoms with Crippen molar-refractivity contribution >= 4 is 29.4 Å². The molecule has 1 atom stereocenters. The third kappa shape index (κ3) is 4.24. The molecule has 0 bridgehead atoms. The molecule has 1 aliphatic heterocycles. The molecule has 136 valence electrons. The highest BCUT2D eigenvalue weighted by Crippen LogP contribution is 2.28. The lowest BCUT2D eigenvalue weighted by atomic mass is 9.81. The molecule has 1 aromatic heterocycles. The number of anilines is 1. The summed E-state index contributed by atoms with van der Waals surface area (Å²) < 4.78 is 0. The fourth-order valence-electron chi connectivity index (χ4n) is 3.50. The van der Waals surface area contributed by atoms with Crippen LogP contribution < -0.4 is 16.8 Å². The summed E-state index contributed by atoms with van der Waals surface area (Å²) >= 11 is 1.77. The Balaban J connectivity index is 1.49. The van der Waals surface area contributed by atoms with Crippen LogP contribution in [0.4, 0.5) is 5.82 Å². The van der Waals surface area contributed by atoms with Crippen molar-refractivity contribution in [3.05, 3.63) is 23.9 Å². The van der Waals surface area contributed by atoms with Gasteiger partial charge < -0.3 is 21.7 Å².